The van der Waals surface area contributed by atoms with Crippen LogP contribution < -0.4 is 10.1 Å². The van der Waals surface area contributed by atoms with Crippen molar-refractivity contribution in [2.45, 2.75) is 26.4 Å². The van der Waals surface area contributed by atoms with Gasteiger partial charge in [-0.05, 0) is 45.0 Å². The zero-order chi connectivity index (χ0) is 14.8. The second kappa shape index (κ2) is 5.81. The quantitative estimate of drug-likeness (QED) is 0.931. The Hall–Kier alpha value is -1.59. The van der Waals surface area contributed by atoms with Crippen molar-refractivity contribution in [1.29, 1.82) is 0 Å². The summed E-state index contributed by atoms with van der Waals surface area (Å²) in [5, 5.41) is 3.94. The molecule has 1 N–H and O–H groups in total. The lowest BCUT2D eigenvalue weighted by Crippen LogP contribution is -2.42. The van der Waals surface area contributed by atoms with Crippen molar-refractivity contribution in [2.24, 2.45) is 0 Å². The SMILES string of the molecule is Cc1cnc(NC(=O)C(C)(C)Oc2ccc(Cl)cc2)s1. The average Bonchev–Trinajstić information content (AvgIpc) is 2.77. The Morgan fingerprint density at radius 1 is 1.35 bits per heavy atom. The van der Waals surface area contributed by atoms with Gasteiger partial charge < -0.3 is 4.74 Å². The summed E-state index contributed by atoms with van der Waals surface area (Å²) in [6.07, 6.45) is 1.72. The molecule has 4 nitrogen and oxygen atoms in total. The third-order valence-electron chi connectivity index (χ3n) is 2.58. The highest BCUT2D eigenvalue weighted by Crippen LogP contribution is 2.23. The van der Waals surface area contributed by atoms with E-state index in [-0.39, 0.29) is 5.91 Å². The van der Waals surface area contributed by atoms with E-state index in [4.69, 9.17) is 16.3 Å². The van der Waals surface area contributed by atoms with E-state index in [2.05, 4.69) is 10.3 Å². The lowest BCUT2D eigenvalue weighted by atomic mass is 10.1. The number of aryl methyl sites for hydroxylation is 1. The molecule has 6 heteroatoms. The molecule has 0 spiro atoms. The van der Waals surface area contributed by atoms with Gasteiger partial charge >= 0.3 is 0 Å². The molecule has 0 radical (unpaired) electrons. The number of thiazole rings is 1. The molecule has 0 unspecified atom stereocenters. The highest BCUT2D eigenvalue weighted by Gasteiger charge is 2.30. The summed E-state index contributed by atoms with van der Waals surface area (Å²) in [4.78, 5) is 17.4. The summed E-state index contributed by atoms with van der Waals surface area (Å²) >= 11 is 7.24. The second-order valence-corrected chi connectivity index (χ2v) is 6.47. The monoisotopic (exact) mass is 310 g/mol. The molecule has 1 amide bonds. The van der Waals surface area contributed by atoms with Gasteiger partial charge in [-0.2, -0.15) is 0 Å². The van der Waals surface area contributed by atoms with Gasteiger partial charge in [0.1, 0.15) is 5.75 Å². The van der Waals surface area contributed by atoms with Crippen molar-refractivity contribution in [3.05, 3.63) is 40.4 Å². The van der Waals surface area contributed by atoms with E-state index < -0.39 is 5.60 Å². The Kier molecular flexibility index (Phi) is 4.30. The number of hydrogen-bond donors (Lipinski definition) is 1. The molecule has 106 valence electrons. The number of carbonyl (C=O) groups is 1. The van der Waals surface area contributed by atoms with E-state index in [1.807, 2.05) is 6.92 Å². The number of amides is 1. The van der Waals surface area contributed by atoms with Crippen LogP contribution in [0.2, 0.25) is 5.02 Å². The largest absolute Gasteiger partial charge is 0.478 e. The predicted octanol–water partition coefficient (Wildman–Crippen LogP) is 3.90. The van der Waals surface area contributed by atoms with Crippen molar-refractivity contribution in [1.82, 2.24) is 4.98 Å². The highest BCUT2D eigenvalue weighted by molar-refractivity contribution is 7.15. The highest BCUT2D eigenvalue weighted by atomic mass is 35.5. The molecular weight excluding hydrogens is 296 g/mol. The maximum atomic E-state index is 12.2. The first-order chi connectivity index (χ1) is 9.37. The third kappa shape index (κ3) is 3.71. The van der Waals surface area contributed by atoms with E-state index >= 15 is 0 Å². The Bertz CT molecular complexity index is 608. The summed E-state index contributed by atoms with van der Waals surface area (Å²) in [5.41, 5.74) is -1.01. The smallest absolute Gasteiger partial charge is 0.269 e. The van der Waals surface area contributed by atoms with Gasteiger partial charge in [-0.1, -0.05) is 11.6 Å². The number of nitrogens with zero attached hydrogens (tertiary/aromatic N) is 1. The Morgan fingerprint density at radius 2 is 2.00 bits per heavy atom. The molecule has 2 aromatic rings. The molecule has 2 rings (SSSR count). The van der Waals surface area contributed by atoms with Crippen molar-refractivity contribution in [3.63, 3.8) is 0 Å². The molecular formula is C14H15ClN2O2S. The maximum Gasteiger partial charge on any atom is 0.269 e. The number of hydrogen-bond acceptors (Lipinski definition) is 4. The van der Waals surface area contributed by atoms with Crippen molar-refractivity contribution in [2.75, 3.05) is 5.32 Å². The summed E-state index contributed by atoms with van der Waals surface area (Å²) < 4.78 is 5.70. The van der Waals surface area contributed by atoms with E-state index in [0.717, 1.165) is 4.88 Å². The van der Waals surface area contributed by atoms with Crippen LogP contribution in [0.1, 0.15) is 18.7 Å². The van der Waals surface area contributed by atoms with Crippen LogP contribution in [0.5, 0.6) is 5.75 Å². The number of anilines is 1. The molecule has 0 aliphatic heterocycles. The number of aromatic nitrogens is 1. The van der Waals surface area contributed by atoms with E-state index in [1.165, 1.54) is 11.3 Å². The molecule has 1 heterocycles. The Labute approximate surface area is 126 Å². The number of halogens is 1. The van der Waals surface area contributed by atoms with Gasteiger partial charge in [0, 0.05) is 16.1 Å². The molecule has 0 bridgehead atoms. The fraction of sp³-hybridized carbons (Fsp3) is 0.286. The number of ether oxygens (including phenoxy) is 1. The molecule has 20 heavy (non-hydrogen) atoms. The fourth-order valence-electron chi connectivity index (χ4n) is 1.50. The van der Waals surface area contributed by atoms with Crippen LogP contribution in [0, 0.1) is 6.92 Å². The van der Waals surface area contributed by atoms with Crippen LogP contribution in [0.3, 0.4) is 0 Å². The van der Waals surface area contributed by atoms with Gasteiger partial charge in [0.2, 0.25) is 0 Å². The van der Waals surface area contributed by atoms with Gasteiger partial charge in [0.25, 0.3) is 5.91 Å². The topological polar surface area (TPSA) is 51.2 Å². The van der Waals surface area contributed by atoms with Crippen LogP contribution >= 0.6 is 22.9 Å². The van der Waals surface area contributed by atoms with Crippen LogP contribution in [-0.2, 0) is 4.79 Å². The van der Waals surface area contributed by atoms with E-state index in [0.29, 0.717) is 15.9 Å². The zero-order valence-corrected chi connectivity index (χ0v) is 13.0. The molecule has 0 fully saturated rings. The fourth-order valence-corrected chi connectivity index (χ4v) is 2.29. The van der Waals surface area contributed by atoms with Crippen LogP contribution in [-0.4, -0.2) is 16.5 Å². The lowest BCUT2D eigenvalue weighted by Gasteiger charge is -2.24. The number of benzene rings is 1. The molecule has 0 saturated heterocycles. The molecule has 1 aromatic heterocycles. The van der Waals surface area contributed by atoms with E-state index in [1.54, 1.807) is 44.3 Å². The van der Waals surface area contributed by atoms with Crippen molar-refractivity contribution < 1.29 is 9.53 Å². The number of nitrogens with one attached hydrogen (secondary N) is 1. The van der Waals surface area contributed by atoms with Gasteiger partial charge in [0.05, 0.1) is 0 Å². The van der Waals surface area contributed by atoms with Gasteiger partial charge in [-0.3, -0.25) is 10.1 Å². The van der Waals surface area contributed by atoms with Crippen LogP contribution in [0.25, 0.3) is 0 Å². The number of carbonyl (C=O) groups excluding carboxylic acids is 1. The zero-order valence-electron chi connectivity index (χ0n) is 11.4. The summed E-state index contributed by atoms with van der Waals surface area (Å²) in [6, 6.07) is 6.89. The summed E-state index contributed by atoms with van der Waals surface area (Å²) in [7, 11) is 0. The third-order valence-corrected chi connectivity index (χ3v) is 3.66. The minimum absolute atomic E-state index is 0.248. The van der Waals surface area contributed by atoms with Crippen molar-refractivity contribution in [3.8, 4) is 5.75 Å². The summed E-state index contributed by atoms with van der Waals surface area (Å²) in [5.74, 6) is 0.340. The standard InChI is InChI=1S/C14H15ClN2O2S/c1-9-8-16-13(20-9)17-12(18)14(2,3)19-11-6-4-10(15)5-7-11/h4-8H,1-3H3,(H,16,17,18). The first-order valence-corrected chi connectivity index (χ1v) is 7.25. The predicted molar refractivity (Wildman–Crippen MR) is 81.6 cm³/mol. The van der Waals surface area contributed by atoms with Crippen molar-refractivity contribution >= 4 is 34.0 Å². The molecule has 0 aliphatic carbocycles. The molecule has 1 aromatic carbocycles. The van der Waals surface area contributed by atoms with Gasteiger partial charge in [-0.25, -0.2) is 4.98 Å². The normalized spacial score (nSPS) is 11.2. The van der Waals surface area contributed by atoms with E-state index in [9.17, 15) is 4.79 Å². The van der Waals surface area contributed by atoms with Crippen LogP contribution in [0.15, 0.2) is 30.5 Å². The Balaban J connectivity index is 2.05. The maximum absolute atomic E-state index is 12.2. The summed E-state index contributed by atoms with van der Waals surface area (Å²) in [6.45, 7) is 5.34. The molecule has 0 aliphatic rings. The lowest BCUT2D eigenvalue weighted by molar-refractivity contribution is -0.128. The first-order valence-electron chi connectivity index (χ1n) is 6.05. The molecule has 0 saturated carbocycles. The Morgan fingerprint density at radius 3 is 2.55 bits per heavy atom. The molecule has 0 atom stereocenters. The van der Waals surface area contributed by atoms with Gasteiger partial charge in [-0.15, -0.1) is 11.3 Å². The second-order valence-electron chi connectivity index (χ2n) is 4.80. The first kappa shape index (κ1) is 14.8. The van der Waals surface area contributed by atoms with Crippen LogP contribution in [0.4, 0.5) is 5.13 Å². The minimum atomic E-state index is -1.01. The minimum Gasteiger partial charge on any atom is -0.478 e. The average molecular weight is 311 g/mol. The van der Waals surface area contributed by atoms with Gasteiger partial charge in [0.15, 0.2) is 10.7 Å². The number of rotatable bonds is 4.